The van der Waals surface area contributed by atoms with E-state index in [0.717, 1.165) is 28.8 Å². The van der Waals surface area contributed by atoms with E-state index in [9.17, 15) is 4.79 Å². The van der Waals surface area contributed by atoms with Gasteiger partial charge in [-0.15, -0.1) is 0 Å². The number of likely N-dealkylation sites (N-methyl/N-ethyl adjacent to an activating group) is 2. The fourth-order valence-corrected chi connectivity index (χ4v) is 2.45. The van der Waals surface area contributed by atoms with Gasteiger partial charge in [-0.3, -0.25) is 4.90 Å². The number of hydrogen-bond acceptors (Lipinski definition) is 2. The number of urea groups is 1. The first kappa shape index (κ1) is 13.4. The zero-order valence-electron chi connectivity index (χ0n) is 10.9. The first-order valence-corrected chi connectivity index (χ1v) is 6.79. The molecule has 1 saturated heterocycles. The third-order valence-corrected chi connectivity index (χ3v) is 4.26. The summed E-state index contributed by atoms with van der Waals surface area (Å²) >= 11 is 3.48. The van der Waals surface area contributed by atoms with Gasteiger partial charge in [-0.25, -0.2) is 4.79 Å². The molecular formula is C13H18BrN3O. The summed E-state index contributed by atoms with van der Waals surface area (Å²) in [5, 5.41) is 3.13. The number of nitrogens with one attached hydrogen (secondary N) is 1. The number of carbonyl (C=O) groups excluding carboxylic acids is 1. The van der Waals surface area contributed by atoms with Crippen LogP contribution in [0.1, 0.15) is 5.56 Å². The van der Waals surface area contributed by atoms with Gasteiger partial charge in [0.1, 0.15) is 0 Å². The Morgan fingerprint density at radius 1 is 1.50 bits per heavy atom. The molecule has 0 radical (unpaired) electrons. The van der Waals surface area contributed by atoms with Crippen LogP contribution in [-0.4, -0.2) is 44.2 Å². The predicted molar refractivity (Wildman–Crippen MR) is 77.1 cm³/mol. The van der Waals surface area contributed by atoms with Crippen molar-refractivity contribution in [1.29, 1.82) is 0 Å². The van der Waals surface area contributed by atoms with Crippen molar-refractivity contribution in [3.05, 3.63) is 28.2 Å². The quantitative estimate of drug-likeness (QED) is 0.929. The van der Waals surface area contributed by atoms with E-state index < -0.39 is 0 Å². The van der Waals surface area contributed by atoms with E-state index in [1.165, 1.54) is 0 Å². The minimum Gasteiger partial charge on any atom is -0.321 e. The van der Waals surface area contributed by atoms with Gasteiger partial charge in [-0.1, -0.05) is 15.9 Å². The number of aryl methyl sites for hydroxylation is 1. The summed E-state index contributed by atoms with van der Waals surface area (Å²) in [6.07, 6.45) is 0. The average molecular weight is 312 g/mol. The van der Waals surface area contributed by atoms with E-state index in [-0.39, 0.29) is 12.1 Å². The molecule has 1 aromatic rings. The molecule has 1 aliphatic rings. The molecule has 0 aliphatic carbocycles. The van der Waals surface area contributed by atoms with Gasteiger partial charge < -0.3 is 10.2 Å². The number of amides is 2. The van der Waals surface area contributed by atoms with Crippen molar-refractivity contribution in [2.75, 3.05) is 32.1 Å². The van der Waals surface area contributed by atoms with Gasteiger partial charge in [0.05, 0.1) is 6.04 Å². The number of halogens is 1. The minimum atomic E-state index is 0.0666. The number of benzene rings is 1. The van der Waals surface area contributed by atoms with Crippen molar-refractivity contribution >= 4 is 27.6 Å². The summed E-state index contributed by atoms with van der Waals surface area (Å²) in [6.45, 7) is 3.58. The van der Waals surface area contributed by atoms with Gasteiger partial charge in [-0.05, 0) is 37.7 Å². The molecule has 1 aromatic carbocycles. The highest BCUT2D eigenvalue weighted by Gasteiger charge is 2.34. The lowest BCUT2D eigenvalue weighted by atomic mass is 10.2. The predicted octanol–water partition coefficient (Wildman–Crippen LogP) is 2.22. The van der Waals surface area contributed by atoms with E-state index in [0.29, 0.717) is 0 Å². The molecule has 0 aromatic heterocycles. The monoisotopic (exact) mass is 311 g/mol. The molecule has 2 rings (SSSR count). The van der Waals surface area contributed by atoms with Crippen molar-refractivity contribution in [2.45, 2.75) is 13.0 Å². The molecule has 1 fully saturated rings. The van der Waals surface area contributed by atoms with E-state index in [4.69, 9.17) is 0 Å². The Hall–Kier alpha value is -1.07. The van der Waals surface area contributed by atoms with E-state index in [1.807, 2.05) is 44.1 Å². The minimum absolute atomic E-state index is 0.0666. The maximum absolute atomic E-state index is 12.2. The maximum atomic E-state index is 12.2. The molecule has 0 spiro atoms. The maximum Gasteiger partial charge on any atom is 0.324 e. The topological polar surface area (TPSA) is 35.6 Å². The molecule has 98 valence electrons. The van der Waals surface area contributed by atoms with Gasteiger partial charge >= 0.3 is 6.03 Å². The summed E-state index contributed by atoms with van der Waals surface area (Å²) in [6, 6.07) is 6.30. The number of anilines is 1. The first-order valence-electron chi connectivity index (χ1n) is 5.99. The normalized spacial score (nSPS) is 19.8. The SMILES string of the molecule is CNCC1CN(c2ccc(Br)c(C)c2)C(=O)N1C. The average Bonchev–Trinajstić information content (AvgIpc) is 2.62. The Morgan fingerprint density at radius 2 is 2.22 bits per heavy atom. The zero-order valence-corrected chi connectivity index (χ0v) is 12.5. The van der Waals surface area contributed by atoms with Crippen molar-refractivity contribution in [3.63, 3.8) is 0 Å². The highest BCUT2D eigenvalue weighted by molar-refractivity contribution is 9.10. The Kier molecular flexibility index (Phi) is 3.92. The molecule has 1 heterocycles. The van der Waals surface area contributed by atoms with E-state index in [1.54, 1.807) is 4.90 Å². The molecule has 18 heavy (non-hydrogen) atoms. The van der Waals surface area contributed by atoms with Gasteiger partial charge in [0, 0.05) is 30.3 Å². The number of hydrogen-bond donors (Lipinski definition) is 1. The van der Waals surface area contributed by atoms with Gasteiger partial charge in [0.25, 0.3) is 0 Å². The first-order chi connectivity index (χ1) is 8.54. The lowest BCUT2D eigenvalue weighted by molar-refractivity contribution is 0.218. The third kappa shape index (κ3) is 2.37. The van der Waals surface area contributed by atoms with Crippen LogP contribution in [0.15, 0.2) is 22.7 Å². The molecular weight excluding hydrogens is 294 g/mol. The fraction of sp³-hybridized carbons (Fsp3) is 0.462. The molecule has 4 nitrogen and oxygen atoms in total. The standard InChI is InChI=1S/C13H18BrN3O/c1-9-6-10(4-5-12(9)14)17-8-11(7-15-2)16(3)13(17)18/h4-6,11,15H,7-8H2,1-3H3. The van der Waals surface area contributed by atoms with E-state index in [2.05, 4.69) is 21.2 Å². The molecule has 5 heteroatoms. The molecule has 2 amide bonds. The highest BCUT2D eigenvalue weighted by Crippen LogP contribution is 2.26. The Balaban J connectivity index is 2.23. The highest BCUT2D eigenvalue weighted by atomic mass is 79.9. The second-order valence-corrected chi connectivity index (χ2v) is 5.50. The van der Waals surface area contributed by atoms with Crippen molar-refractivity contribution in [1.82, 2.24) is 10.2 Å². The van der Waals surface area contributed by atoms with Crippen LogP contribution in [0.2, 0.25) is 0 Å². The van der Waals surface area contributed by atoms with Crippen LogP contribution < -0.4 is 10.2 Å². The fourth-order valence-electron chi connectivity index (χ4n) is 2.21. The van der Waals surface area contributed by atoms with Gasteiger partial charge in [0.2, 0.25) is 0 Å². The smallest absolute Gasteiger partial charge is 0.321 e. The lowest BCUT2D eigenvalue weighted by Gasteiger charge is -2.17. The van der Waals surface area contributed by atoms with Gasteiger partial charge in [-0.2, -0.15) is 0 Å². The Morgan fingerprint density at radius 3 is 2.83 bits per heavy atom. The number of nitrogens with zero attached hydrogens (tertiary/aromatic N) is 2. The van der Waals surface area contributed by atoms with Crippen molar-refractivity contribution in [2.24, 2.45) is 0 Å². The summed E-state index contributed by atoms with van der Waals surface area (Å²) in [5.74, 6) is 0. The zero-order chi connectivity index (χ0) is 13.3. The number of rotatable bonds is 3. The summed E-state index contributed by atoms with van der Waals surface area (Å²) in [7, 11) is 3.76. The van der Waals surface area contributed by atoms with Crippen LogP contribution in [0.3, 0.4) is 0 Å². The second-order valence-electron chi connectivity index (χ2n) is 4.65. The summed E-state index contributed by atoms with van der Waals surface area (Å²) in [4.78, 5) is 15.8. The third-order valence-electron chi connectivity index (χ3n) is 3.37. The molecule has 1 unspecified atom stereocenters. The summed E-state index contributed by atoms with van der Waals surface area (Å²) < 4.78 is 1.07. The molecule has 0 bridgehead atoms. The van der Waals surface area contributed by atoms with Crippen LogP contribution in [0, 0.1) is 6.92 Å². The van der Waals surface area contributed by atoms with Gasteiger partial charge in [0.15, 0.2) is 0 Å². The molecule has 1 atom stereocenters. The molecule has 0 saturated carbocycles. The largest absolute Gasteiger partial charge is 0.324 e. The Labute approximate surface area is 116 Å². The van der Waals surface area contributed by atoms with Crippen molar-refractivity contribution < 1.29 is 4.79 Å². The number of carbonyl (C=O) groups is 1. The van der Waals surface area contributed by atoms with Crippen LogP contribution in [-0.2, 0) is 0 Å². The molecule has 1 N–H and O–H groups in total. The van der Waals surface area contributed by atoms with Crippen LogP contribution in [0.5, 0.6) is 0 Å². The van der Waals surface area contributed by atoms with Crippen LogP contribution in [0.4, 0.5) is 10.5 Å². The summed E-state index contributed by atoms with van der Waals surface area (Å²) in [5.41, 5.74) is 2.10. The van der Waals surface area contributed by atoms with Crippen LogP contribution in [0.25, 0.3) is 0 Å². The van der Waals surface area contributed by atoms with Crippen molar-refractivity contribution in [3.8, 4) is 0 Å². The second kappa shape index (κ2) is 5.28. The lowest BCUT2D eigenvalue weighted by Crippen LogP contribution is -2.37. The Bertz CT molecular complexity index is 464. The molecule has 1 aliphatic heterocycles. The van der Waals surface area contributed by atoms with E-state index >= 15 is 0 Å². The van der Waals surface area contributed by atoms with Crippen LogP contribution >= 0.6 is 15.9 Å².